The zero-order valence-electron chi connectivity index (χ0n) is 19.3. The van der Waals surface area contributed by atoms with Crippen LogP contribution in [-0.2, 0) is 10.0 Å². The topological polar surface area (TPSA) is 88.2 Å². The summed E-state index contributed by atoms with van der Waals surface area (Å²) in [6.07, 6.45) is 0.350. The molecule has 0 saturated carbocycles. The van der Waals surface area contributed by atoms with Gasteiger partial charge in [-0.2, -0.15) is 4.31 Å². The normalized spacial score (nSPS) is 14.7. The van der Waals surface area contributed by atoms with Crippen LogP contribution in [0, 0.1) is 0 Å². The van der Waals surface area contributed by atoms with E-state index >= 15 is 0 Å². The van der Waals surface area contributed by atoms with Crippen molar-refractivity contribution in [2.24, 2.45) is 0 Å². The molecule has 1 aliphatic rings. The predicted octanol–water partition coefficient (Wildman–Crippen LogP) is 2.76. The number of nitrogens with one attached hydrogen (secondary N) is 1. The Labute approximate surface area is 196 Å². The number of rotatable bonds is 11. The van der Waals surface area contributed by atoms with E-state index in [1.807, 2.05) is 44.2 Å². The minimum Gasteiger partial charge on any atom is -0.490 e. The van der Waals surface area contributed by atoms with Crippen molar-refractivity contribution < 1.29 is 22.7 Å². The zero-order valence-corrected chi connectivity index (χ0v) is 20.1. The molecule has 8 nitrogen and oxygen atoms in total. The number of ether oxygens (including phenoxy) is 2. The Bertz CT molecular complexity index is 1010. The molecule has 2 aromatic carbocycles. The van der Waals surface area contributed by atoms with Crippen molar-refractivity contribution in [3.05, 3.63) is 54.1 Å². The number of para-hydroxylation sites is 1. The molecule has 2 aromatic rings. The van der Waals surface area contributed by atoms with Gasteiger partial charge in [0.15, 0.2) is 11.5 Å². The monoisotopic (exact) mass is 475 g/mol. The maximum absolute atomic E-state index is 12.7. The first-order valence-corrected chi connectivity index (χ1v) is 13.0. The van der Waals surface area contributed by atoms with Crippen LogP contribution in [0.1, 0.15) is 30.6 Å². The molecule has 180 valence electrons. The van der Waals surface area contributed by atoms with Crippen molar-refractivity contribution in [3.8, 4) is 11.5 Å². The lowest BCUT2D eigenvalue weighted by atomic mass is 10.2. The number of carbonyl (C=O) groups excluding carboxylic acids is 1. The zero-order chi connectivity index (χ0) is 23.7. The second-order valence-electron chi connectivity index (χ2n) is 7.67. The minimum absolute atomic E-state index is 0.00604. The Morgan fingerprint density at radius 3 is 2.27 bits per heavy atom. The highest BCUT2D eigenvalue weighted by Gasteiger charge is 2.26. The Morgan fingerprint density at radius 2 is 1.61 bits per heavy atom. The molecular formula is C24H33N3O5S. The molecule has 1 N–H and O–H groups in total. The fraction of sp³-hybridized carbons (Fsp3) is 0.458. The average molecular weight is 476 g/mol. The maximum Gasteiger partial charge on any atom is 0.251 e. The van der Waals surface area contributed by atoms with Crippen molar-refractivity contribution >= 4 is 21.6 Å². The van der Waals surface area contributed by atoms with Gasteiger partial charge in [0, 0.05) is 44.0 Å². The van der Waals surface area contributed by atoms with Crippen LogP contribution >= 0.6 is 0 Å². The van der Waals surface area contributed by atoms with Crippen LogP contribution in [0.5, 0.6) is 11.5 Å². The fourth-order valence-corrected chi connectivity index (χ4v) is 5.23. The van der Waals surface area contributed by atoms with Gasteiger partial charge in [0.1, 0.15) is 0 Å². The van der Waals surface area contributed by atoms with Crippen LogP contribution in [0.25, 0.3) is 0 Å². The number of hydrogen-bond acceptors (Lipinski definition) is 6. The van der Waals surface area contributed by atoms with E-state index < -0.39 is 10.0 Å². The highest BCUT2D eigenvalue weighted by molar-refractivity contribution is 7.89. The van der Waals surface area contributed by atoms with Crippen molar-refractivity contribution in [1.82, 2.24) is 9.62 Å². The second kappa shape index (κ2) is 11.9. The van der Waals surface area contributed by atoms with Gasteiger partial charge in [-0.05, 0) is 50.6 Å². The molecule has 1 fully saturated rings. The Balaban J connectivity index is 1.45. The number of amides is 1. The molecule has 0 bridgehead atoms. The SMILES string of the molecule is CCOc1ccc(C(=O)NCCCS(=O)(=O)N2CCN(c3ccccc3)CC2)cc1OCC. The largest absolute Gasteiger partial charge is 0.490 e. The van der Waals surface area contributed by atoms with E-state index in [1.165, 1.54) is 0 Å². The first-order chi connectivity index (χ1) is 15.9. The third-order valence-corrected chi connectivity index (χ3v) is 7.38. The second-order valence-corrected chi connectivity index (χ2v) is 9.76. The summed E-state index contributed by atoms with van der Waals surface area (Å²) in [7, 11) is -3.36. The summed E-state index contributed by atoms with van der Waals surface area (Å²) in [6, 6.07) is 15.0. The van der Waals surface area contributed by atoms with Crippen LogP contribution in [0.15, 0.2) is 48.5 Å². The van der Waals surface area contributed by atoms with Crippen LogP contribution in [0.3, 0.4) is 0 Å². The lowest BCUT2D eigenvalue weighted by molar-refractivity contribution is 0.0953. The van der Waals surface area contributed by atoms with Gasteiger partial charge in [-0.25, -0.2) is 8.42 Å². The molecule has 33 heavy (non-hydrogen) atoms. The van der Waals surface area contributed by atoms with E-state index in [4.69, 9.17) is 9.47 Å². The molecule has 0 spiro atoms. The van der Waals surface area contributed by atoms with Crippen LogP contribution < -0.4 is 19.7 Å². The molecule has 0 atom stereocenters. The number of anilines is 1. The van der Waals surface area contributed by atoms with Crippen molar-refractivity contribution in [2.75, 3.05) is 56.6 Å². The Kier molecular flexibility index (Phi) is 8.96. The van der Waals surface area contributed by atoms with Gasteiger partial charge < -0.3 is 19.7 Å². The summed E-state index contributed by atoms with van der Waals surface area (Å²) in [4.78, 5) is 14.7. The molecule has 0 aliphatic carbocycles. The van der Waals surface area contributed by atoms with E-state index in [0.29, 0.717) is 62.9 Å². The summed E-state index contributed by atoms with van der Waals surface area (Å²) < 4.78 is 38.1. The molecule has 1 heterocycles. The lowest BCUT2D eigenvalue weighted by Crippen LogP contribution is -2.49. The third kappa shape index (κ3) is 6.85. The minimum atomic E-state index is -3.36. The molecular weight excluding hydrogens is 442 g/mol. The van der Waals surface area contributed by atoms with E-state index in [1.54, 1.807) is 22.5 Å². The Hall–Kier alpha value is -2.78. The van der Waals surface area contributed by atoms with E-state index in [0.717, 1.165) is 5.69 Å². The van der Waals surface area contributed by atoms with E-state index in [2.05, 4.69) is 10.2 Å². The number of carbonyl (C=O) groups is 1. The Morgan fingerprint density at radius 1 is 0.939 bits per heavy atom. The quantitative estimate of drug-likeness (QED) is 0.503. The van der Waals surface area contributed by atoms with Gasteiger partial charge >= 0.3 is 0 Å². The molecule has 0 radical (unpaired) electrons. The van der Waals surface area contributed by atoms with Crippen LogP contribution in [0.4, 0.5) is 5.69 Å². The van der Waals surface area contributed by atoms with Crippen molar-refractivity contribution in [1.29, 1.82) is 0 Å². The van der Waals surface area contributed by atoms with Gasteiger partial charge in [-0.3, -0.25) is 4.79 Å². The summed E-state index contributed by atoms with van der Waals surface area (Å²) in [5.74, 6) is 0.845. The first-order valence-electron chi connectivity index (χ1n) is 11.4. The summed E-state index contributed by atoms with van der Waals surface area (Å²) in [5, 5.41) is 2.80. The van der Waals surface area contributed by atoms with Gasteiger partial charge in [0.05, 0.1) is 19.0 Å². The highest BCUT2D eigenvalue weighted by atomic mass is 32.2. The molecule has 1 aliphatic heterocycles. The van der Waals surface area contributed by atoms with Crippen LogP contribution in [0.2, 0.25) is 0 Å². The van der Waals surface area contributed by atoms with Gasteiger partial charge in [0.25, 0.3) is 5.91 Å². The summed E-state index contributed by atoms with van der Waals surface area (Å²) in [5.41, 5.74) is 1.56. The van der Waals surface area contributed by atoms with Crippen molar-refractivity contribution in [2.45, 2.75) is 20.3 Å². The summed E-state index contributed by atoms with van der Waals surface area (Å²) in [6.45, 7) is 7.26. The number of benzene rings is 2. The van der Waals surface area contributed by atoms with E-state index in [-0.39, 0.29) is 18.2 Å². The van der Waals surface area contributed by atoms with Crippen LogP contribution in [-0.4, -0.2) is 70.3 Å². The van der Waals surface area contributed by atoms with Gasteiger partial charge in [-0.15, -0.1) is 0 Å². The molecule has 1 saturated heterocycles. The molecule has 3 rings (SSSR count). The van der Waals surface area contributed by atoms with Crippen molar-refractivity contribution in [3.63, 3.8) is 0 Å². The maximum atomic E-state index is 12.7. The molecule has 0 aromatic heterocycles. The number of hydrogen-bond donors (Lipinski definition) is 1. The van der Waals surface area contributed by atoms with Gasteiger partial charge in [0.2, 0.25) is 10.0 Å². The predicted molar refractivity (Wildman–Crippen MR) is 130 cm³/mol. The lowest BCUT2D eigenvalue weighted by Gasteiger charge is -2.35. The standard InChI is InChI=1S/C24H33N3O5S/c1-3-31-22-12-11-20(19-23(22)32-4-2)24(28)25-13-8-18-33(29,30)27-16-14-26(15-17-27)21-9-6-5-7-10-21/h5-7,9-12,19H,3-4,8,13-18H2,1-2H3,(H,25,28). The molecule has 1 amide bonds. The third-order valence-electron chi connectivity index (χ3n) is 5.42. The fourth-order valence-electron chi connectivity index (χ4n) is 3.74. The van der Waals surface area contributed by atoms with Gasteiger partial charge in [-0.1, -0.05) is 18.2 Å². The number of nitrogens with zero attached hydrogens (tertiary/aromatic N) is 2. The molecule has 0 unspecified atom stereocenters. The summed E-state index contributed by atoms with van der Waals surface area (Å²) >= 11 is 0. The average Bonchev–Trinajstić information content (AvgIpc) is 2.84. The number of piperazine rings is 1. The van der Waals surface area contributed by atoms with E-state index in [9.17, 15) is 13.2 Å². The smallest absolute Gasteiger partial charge is 0.251 e. The highest BCUT2D eigenvalue weighted by Crippen LogP contribution is 2.28. The first kappa shape index (κ1) is 24.9. The number of sulfonamides is 1. The molecule has 9 heteroatoms.